The standard InChI is InChI=1S/C9H8F2INO2/c1-4(9(14)15)13-8-3-6(11)5(10)2-7(8)12/h2-4,13H,1H3,(H,14,15). The first-order valence-electron chi connectivity index (χ1n) is 4.05. The lowest BCUT2D eigenvalue weighted by molar-refractivity contribution is -0.137. The molecule has 6 heteroatoms. The van der Waals surface area contributed by atoms with Crippen LogP contribution in [-0.2, 0) is 4.79 Å². The van der Waals surface area contributed by atoms with Crippen molar-refractivity contribution < 1.29 is 18.7 Å². The maximum absolute atomic E-state index is 12.8. The summed E-state index contributed by atoms with van der Waals surface area (Å²) >= 11 is 1.80. The number of carboxylic acid groups (broad SMARTS) is 1. The van der Waals surface area contributed by atoms with Crippen molar-refractivity contribution in [2.24, 2.45) is 0 Å². The molecular weight excluding hydrogens is 319 g/mol. The lowest BCUT2D eigenvalue weighted by atomic mass is 10.2. The Morgan fingerprint density at radius 3 is 2.53 bits per heavy atom. The smallest absolute Gasteiger partial charge is 0.325 e. The summed E-state index contributed by atoms with van der Waals surface area (Å²) < 4.78 is 26.0. The topological polar surface area (TPSA) is 49.3 Å². The van der Waals surface area contributed by atoms with Gasteiger partial charge in [0.1, 0.15) is 6.04 Å². The molecule has 0 spiro atoms. The fourth-order valence-electron chi connectivity index (χ4n) is 0.928. The van der Waals surface area contributed by atoms with Gasteiger partial charge in [-0.15, -0.1) is 0 Å². The maximum atomic E-state index is 12.8. The van der Waals surface area contributed by atoms with Gasteiger partial charge in [-0.05, 0) is 35.6 Å². The van der Waals surface area contributed by atoms with Gasteiger partial charge in [0.15, 0.2) is 11.6 Å². The minimum Gasteiger partial charge on any atom is -0.480 e. The summed E-state index contributed by atoms with van der Waals surface area (Å²) in [5.41, 5.74) is 0.268. The second-order valence-electron chi connectivity index (χ2n) is 2.95. The molecule has 0 fully saturated rings. The molecule has 0 radical (unpaired) electrons. The Labute approximate surface area is 98.6 Å². The fourth-order valence-corrected chi connectivity index (χ4v) is 1.51. The van der Waals surface area contributed by atoms with Crippen LogP contribution in [0.4, 0.5) is 14.5 Å². The molecule has 0 saturated carbocycles. The normalized spacial score (nSPS) is 12.3. The summed E-state index contributed by atoms with van der Waals surface area (Å²) in [6, 6.07) is 1.09. The van der Waals surface area contributed by atoms with Gasteiger partial charge in [0, 0.05) is 9.64 Å². The van der Waals surface area contributed by atoms with E-state index in [0.29, 0.717) is 3.57 Å². The van der Waals surface area contributed by atoms with E-state index < -0.39 is 23.6 Å². The molecule has 1 aromatic rings. The zero-order valence-electron chi connectivity index (χ0n) is 7.72. The molecule has 0 aliphatic carbocycles. The number of nitrogens with one attached hydrogen (secondary N) is 1. The summed E-state index contributed by atoms with van der Waals surface area (Å²) in [6.45, 7) is 1.42. The average Bonchev–Trinajstić information content (AvgIpc) is 2.13. The molecule has 15 heavy (non-hydrogen) atoms. The van der Waals surface area contributed by atoms with Gasteiger partial charge in [-0.2, -0.15) is 0 Å². The van der Waals surface area contributed by atoms with Crippen molar-refractivity contribution in [3.63, 3.8) is 0 Å². The third-order valence-electron chi connectivity index (χ3n) is 1.75. The summed E-state index contributed by atoms with van der Waals surface area (Å²) in [4.78, 5) is 10.5. The number of carboxylic acids is 1. The van der Waals surface area contributed by atoms with Crippen LogP contribution in [-0.4, -0.2) is 17.1 Å². The van der Waals surface area contributed by atoms with E-state index in [1.54, 1.807) is 22.6 Å². The largest absolute Gasteiger partial charge is 0.480 e. The molecule has 1 unspecified atom stereocenters. The Hall–Kier alpha value is -0.920. The number of rotatable bonds is 3. The molecule has 1 rings (SSSR count). The molecule has 0 aliphatic rings. The molecule has 0 heterocycles. The van der Waals surface area contributed by atoms with Gasteiger partial charge in [-0.25, -0.2) is 8.78 Å². The summed E-state index contributed by atoms with van der Waals surface area (Å²) in [5, 5.41) is 11.2. The highest BCUT2D eigenvalue weighted by atomic mass is 127. The number of aliphatic carboxylic acids is 1. The molecule has 2 N–H and O–H groups in total. The summed E-state index contributed by atoms with van der Waals surface area (Å²) in [5.74, 6) is -3.01. The highest BCUT2D eigenvalue weighted by Crippen LogP contribution is 2.22. The molecule has 1 atom stereocenters. The molecule has 0 bridgehead atoms. The van der Waals surface area contributed by atoms with Gasteiger partial charge in [-0.1, -0.05) is 0 Å². The summed E-state index contributed by atoms with van der Waals surface area (Å²) in [7, 11) is 0. The van der Waals surface area contributed by atoms with Crippen molar-refractivity contribution in [1.82, 2.24) is 0 Å². The van der Waals surface area contributed by atoms with E-state index in [2.05, 4.69) is 5.32 Å². The number of benzene rings is 1. The molecule has 1 aromatic carbocycles. The van der Waals surface area contributed by atoms with Crippen LogP contribution in [0.25, 0.3) is 0 Å². The quantitative estimate of drug-likeness (QED) is 0.662. The molecule has 0 amide bonds. The minimum absolute atomic E-state index is 0.268. The van der Waals surface area contributed by atoms with Crippen molar-refractivity contribution in [2.75, 3.05) is 5.32 Å². The molecule has 3 nitrogen and oxygen atoms in total. The highest BCUT2D eigenvalue weighted by molar-refractivity contribution is 14.1. The van der Waals surface area contributed by atoms with Crippen LogP contribution in [0.1, 0.15) is 6.92 Å². The van der Waals surface area contributed by atoms with Gasteiger partial charge in [0.2, 0.25) is 0 Å². The second-order valence-corrected chi connectivity index (χ2v) is 4.11. The molecule has 0 aromatic heterocycles. The van der Waals surface area contributed by atoms with Crippen LogP contribution in [0, 0.1) is 15.2 Å². The lowest BCUT2D eigenvalue weighted by Gasteiger charge is -2.12. The first-order valence-corrected chi connectivity index (χ1v) is 5.13. The van der Waals surface area contributed by atoms with E-state index in [1.807, 2.05) is 0 Å². The van der Waals surface area contributed by atoms with E-state index in [9.17, 15) is 13.6 Å². The van der Waals surface area contributed by atoms with E-state index in [4.69, 9.17) is 5.11 Å². The third kappa shape index (κ3) is 3.01. The molecule has 0 aliphatic heterocycles. The SMILES string of the molecule is CC(Nc1cc(F)c(F)cc1I)C(=O)O. The van der Waals surface area contributed by atoms with Crippen LogP contribution >= 0.6 is 22.6 Å². The molecule has 82 valence electrons. The second kappa shape index (κ2) is 4.73. The monoisotopic (exact) mass is 327 g/mol. The van der Waals surface area contributed by atoms with Gasteiger partial charge in [-0.3, -0.25) is 4.79 Å². The van der Waals surface area contributed by atoms with Crippen LogP contribution < -0.4 is 5.32 Å². The Bertz CT molecular complexity index is 398. The van der Waals surface area contributed by atoms with Crippen molar-refractivity contribution in [1.29, 1.82) is 0 Å². The van der Waals surface area contributed by atoms with Crippen LogP contribution in [0.5, 0.6) is 0 Å². The zero-order valence-corrected chi connectivity index (χ0v) is 9.88. The van der Waals surface area contributed by atoms with Gasteiger partial charge < -0.3 is 10.4 Å². The Kier molecular flexibility index (Phi) is 3.83. The fraction of sp³-hybridized carbons (Fsp3) is 0.222. The van der Waals surface area contributed by atoms with Gasteiger partial charge >= 0.3 is 5.97 Å². The first kappa shape index (κ1) is 12.2. The lowest BCUT2D eigenvalue weighted by Crippen LogP contribution is -2.25. The van der Waals surface area contributed by atoms with E-state index >= 15 is 0 Å². The number of halogens is 3. The Balaban J connectivity index is 2.95. The third-order valence-corrected chi connectivity index (χ3v) is 2.64. The predicted octanol–water partition coefficient (Wildman–Crippen LogP) is 2.45. The van der Waals surface area contributed by atoms with Crippen molar-refractivity contribution in [3.05, 3.63) is 27.3 Å². The van der Waals surface area contributed by atoms with Crippen LogP contribution in [0.15, 0.2) is 12.1 Å². The van der Waals surface area contributed by atoms with E-state index in [1.165, 1.54) is 6.92 Å². The van der Waals surface area contributed by atoms with E-state index in [0.717, 1.165) is 12.1 Å². The minimum atomic E-state index is -1.06. The highest BCUT2D eigenvalue weighted by Gasteiger charge is 2.14. The molecule has 0 saturated heterocycles. The van der Waals surface area contributed by atoms with E-state index in [-0.39, 0.29) is 5.69 Å². The van der Waals surface area contributed by atoms with Gasteiger partial charge in [0.05, 0.1) is 5.69 Å². The van der Waals surface area contributed by atoms with Gasteiger partial charge in [0.25, 0.3) is 0 Å². The summed E-state index contributed by atoms with van der Waals surface area (Å²) in [6.07, 6.45) is 0. The van der Waals surface area contributed by atoms with Crippen LogP contribution in [0.2, 0.25) is 0 Å². The average molecular weight is 327 g/mol. The predicted molar refractivity (Wildman–Crippen MR) is 59.8 cm³/mol. The van der Waals surface area contributed by atoms with Crippen molar-refractivity contribution in [3.8, 4) is 0 Å². The number of carbonyl (C=O) groups is 1. The first-order chi connectivity index (χ1) is 6.91. The number of hydrogen-bond acceptors (Lipinski definition) is 2. The maximum Gasteiger partial charge on any atom is 0.325 e. The number of hydrogen-bond donors (Lipinski definition) is 2. The number of anilines is 1. The van der Waals surface area contributed by atoms with Crippen molar-refractivity contribution >= 4 is 34.2 Å². The Morgan fingerprint density at radius 1 is 1.47 bits per heavy atom. The van der Waals surface area contributed by atoms with Crippen molar-refractivity contribution in [2.45, 2.75) is 13.0 Å². The van der Waals surface area contributed by atoms with Crippen LogP contribution in [0.3, 0.4) is 0 Å². The zero-order chi connectivity index (χ0) is 11.6. The molecular formula is C9H8F2INO2. The Morgan fingerprint density at radius 2 is 2.00 bits per heavy atom.